The van der Waals surface area contributed by atoms with Crippen LogP contribution in [0, 0.1) is 0 Å². The molecule has 0 aliphatic heterocycles. The summed E-state index contributed by atoms with van der Waals surface area (Å²) < 4.78 is 1.47. The van der Waals surface area contributed by atoms with Crippen molar-refractivity contribution in [3.05, 3.63) is 16.0 Å². The number of Topliss-reactive ketones (excluding diaryl/α,β-unsaturated/α-hetero) is 1. The average Bonchev–Trinajstić information content (AvgIpc) is 2.66. The molecular weight excluding hydrogens is 266 g/mol. The van der Waals surface area contributed by atoms with Crippen molar-refractivity contribution < 1.29 is 4.79 Å². The molecule has 19 heavy (non-hydrogen) atoms. The molecule has 0 spiro atoms. The lowest BCUT2D eigenvalue weighted by Crippen LogP contribution is -2.28. The van der Waals surface area contributed by atoms with Crippen molar-refractivity contribution in [2.45, 2.75) is 38.3 Å². The van der Waals surface area contributed by atoms with E-state index in [1.807, 2.05) is 20.8 Å². The number of aromatic nitrogens is 5. The lowest BCUT2D eigenvalue weighted by atomic mass is 9.93. The second-order valence-corrected chi connectivity index (χ2v) is 6.20. The standard InChI is InChI=1S/C11H15N5O2S/c1-6(17)5-19-10-14-13-9-12-8(18)7(11(2,3)4)15-16(9)10/h5H2,1-4H3,(H,12,13,18). The van der Waals surface area contributed by atoms with Gasteiger partial charge in [0.2, 0.25) is 5.16 Å². The van der Waals surface area contributed by atoms with Gasteiger partial charge in [0, 0.05) is 5.41 Å². The third-order valence-corrected chi connectivity index (χ3v) is 3.43. The Balaban J connectivity index is 2.52. The van der Waals surface area contributed by atoms with Crippen LogP contribution >= 0.6 is 11.8 Å². The molecule has 0 amide bonds. The van der Waals surface area contributed by atoms with Gasteiger partial charge in [0.1, 0.15) is 11.5 Å². The summed E-state index contributed by atoms with van der Waals surface area (Å²) in [5.74, 6) is 0.623. The van der Waals surface area contributed by atoms with E-state index >= 15 is 0 Å². The number of fused-ring (bicyclic) bond motifs is 1. The van der Waals surface area contributed by atoms with E-state index < -0.39 is 0 Å². The monoisotopic (exact) mass is 281 g/mol. The average molecular weight is 281 g/mol. The van der Waals surface area contributed by atoms with Gasteiger partial charge >= 0.3 is 0 Å². The van der Waals surface area contributed by atoms with Crippen LogP contribution in [-0.4, -0.2) is 36.3 Å². The van der Waals surface area contributed by atoms with Gasteiger partial charge in [-0.05, 0) is 6.92 Å². The highest BCUT2D eigenvalue weighted by Crippen LogP contribution is 2.18. The first kappa shape index (κ1) is 13.7. The Bertz CT molecular complexity index is 682. The molecule has 2 heterocycles. The van der Waals surface area contributed by atoms with Crippen molar-refractivity contribution in [3.8, 4) is 0 Å². The van der Waals surface area contributed by atoms with Gasteiger partial charge in [0.05, 0.1) is 5.75 Å². The summed E-state index contributed by atoms with van der Waals surface area (Å²) in [5, 5.41) is 12.6. The number of rotatable bonds is 3. The van der Waals surface area contributed by atoms with E-state index in [4.69, 9.17) is 0 Å². The fourth-order valence-electron chi connectivity index (χ4n) is 1.49. The Morgan fingerprint density at radius 2 is 2.05 bits per heavy atom. The summed E-state index contributed by atoms with van der Waals surface area (Å²) >= 11 is 1.25. The molecule has 0 aliphatic rings. The normalized spacial score (nSPS) is 12.0. The van der Waals surface area contributed by atoms with Crippen LogP contribution < -0.4 is 5.56 Å². The SMILES string of the molecule is CC(=O)CSc1nnc2[nH]c(=O)c(C(C)(C)C)nn12. The summed E-state index contributed by atoms with van der Waals surface area (Å²) in [4.78, 5) is 25.5. The van der Waals surface area contributed by atoms with Crippen LogP contribution in [0.15, 0.2) is 9.95 Å². The number of aromatic amines is 1. The zero-order valence-electron chi connectivity index (χ0n) is 11.2. The van der Waals surface area contributed by atoms with E-state index in [-0.39, 0.29) is 22.5 Å². The Labute approximate surface area is 113 Å². The van der Waals surface area contributed by atoms with Crippen LogP contribution in [0.25, 0.3) is 5.78 Å². The maximum atomic E-state index is 11.9. The first-order chi connectivity index (χ1) is 8.79. The molecular formula is C11H15N5O2S. The van der Waals surface area contributed by atoms with Crippen molar-refractivity contribution in [1.82, 2.24) is 24.8 Å². The third kappa shape index (κ3) is 2.83. The van der Waals surface area contributed by atoms with Gasteiger partial charge in [-0.1, -0.05) is 32.5 Å². The summed E-state index contributed by atoms with van der Waals surface area (Å²) in [5.41, 5.74) is -0.242. The molecule has 2 aromatic heterocycles. The topological polar surface area (TPSA) is 93.0 Å². The van der Waals surface area contributed by atoms with Crippen LogP contribution in [-0.2, 0) is 10.2 Å². The fourth-order valence-corrected chi connectivity index (χ4v) is 2.17. The largest absolute Gasteiger partial charge is 0.299 e. The quantitative estimate of drug-likeness (QED) is 0.836. The molecule has 0 saturated heterocycles. The summed E-state index contributed by atoms with van der Waals surface area (Å²) in [6, 6.07) is 0. The van der Waals surface area contributed by atoms with E-state index in [9.17, 15) is 9.59 Å². The molecule has 0 radical (unpaired) electrons. The highest BCUT2D eigenvalue weighted by atomic mass is 32.2. The molecule has 0 aliphatic carbocycles. The van der Waals surface area contributed by atoms with Crippen LogP contribution in [0.4, 0.5) is 0 Å². The number of hydrogen-bond donors (Lipinski definition) is 1. The lowest BCUT2D eigenvalue weighted by Gasteiger charge is -2.15. The molecule has 2 aromatic rings. The predicted octanol–water partition coefficient (Wildman–Crippen LogP) is 0.791. The third-order valence-electron chi connectivity index (χ3n) is 2.37. The Morgan fingerprint density at radius 3 is 2.63 bits per heavy atom. The number of H-pyrrole nitrogens is 1. The summed E-state index contributed by atoms with van der Waals surface area (Å²) in [7, 11) is 0. The van der Waals surface area contributed by atoms with Crippen LogP contribution in [0.2, 0.25) is 0 Å². The predicted molar refractivity (Wildman–Crippen MR) is 71.5 cm³/mol. The molecule has 0 unspecified atom stereocenters. The van der Waals surface area contributed by atoms with Gasteiger partial charge in [-0.3, -0.25) is 14.6 Å². The molecule has 2 rings (SSSR count). The molecule has 0 aromatic carbocycles. The van der Waals surface area contributed by atoms with Gasteiger partial charge in [-0.25, -0.2) is 0 Å². The fraction of sp³-hybridized carbons (Fsp3) is 0.545. The highest BCUT2D eigenvalue weighted by Gasteiger charge is 2.22. The minimum atomic E-state index is -0.380. The van der Waals surface area contributed by atoms with Gasteiger partial charge in [-0.15, -0.1) is 10.2 Å². The number of carbonyl (C=O) groups excluding carboxylic acids is 1. The highest BCUT2D eigenvalue weighted by molar-refractivity contribution is 7.99. The van der Waals surface area contributed by atoms with Crippen molar-refractivity contribution in [2.75, 3.05) is 5.75 Å². The first-order valence-corrected chi connectivity index (χ1v) is 6.76. The van der Waals surface area contributed by atoms with Crippen molar-refractivity contribution in [2.24, 2.45) is 0 Å². The molecule has 0 bridgehead atoms. The van der Waals surface area contributed by atoms with Crippen LogP contribution in [0.1, 0.15) is 33.4 Å². The van der Waals surface area contributed by atoms with E-state index in [1.54, 1.807) is 0 Å². The Kier molecular flexibility index (Phi) is 3.44. The van der Waals surface area contributed by atoms with E-state index in [1.165, 1.54) is 23.2 Å². The van der Waals surface area contributed by atoms with E-state index in [0.29, 0.717) is 16.6 Å². The van der Waals surface area contributed by atoms with Crippen LogP contribution in [0.5, 0.6) is 0 Å². The smallest absolute Gasteiger partial charge is 0.274 e. The zero-order valence-corrected chi connectivity index (χ0v) is 12.0. The Morgan fingerprint density at radius 1 is 1.37 bits per heavy atom. The lowest BCUT2D eigenvalue weighted by molar-refractivity contribution is -0.114. The van der Waals surface area contributed by atoms with Crippen molar-refractivity contribution in [3.63, 3.8) is 0 Å². The number of hydrogen-bond acceptors (Lipinski definition) is 6. The van der Waals surface area contributed by atoms with E-state index in [2.05, 4.69) is 20.3 Å². The van der Waals surface area contributed by atoms with Crippen molar-refractivity contribution >= 4 is 23.3 Å². The first-order valence-electron chi connectivity index (χ1n) is 5.77. The minimum absolute atomic E-state index is 0.0437. The minimum Gasteiger partial charge on any atom is -0.299 e. The Hall–Kier alpha value is -1.70. The number of nitrogens with zero attached hydrogens (tertiary/aromatic N) is 4. The van der Waals surface area contributed by atoms with Gasteiger partial charge in [0.25, 0.3) is 11.3 Å². The second kappa shape index (κ2) is 4.76. The number of ketones is 1. The molecule has 7 nitrogen and oxygen atoms in total. The van der Waals surface area contributed by atoms with Crippen LogP contribution in [0.3, 0.4) is 0 Å². The molecule has 0 fully saturated rings. The molecule has 0 saturated carbocycles. The molecule has 1 N–H and O–H groups in total. The molecule has 0 atom stereocenters. The number of nitrogens with one attached hydrogen (secondary N) is 1. The van der Waals surface area contributed by atoms with Gasteiger partial charge < -0.3 is 0 Å². The maximum Gasteiger partial charge on any atom is 0.274 e. The van der Waals surface area contributed by atoms with Gasteiger partial charge in [-0.2, -0.15) is 9.61 Å². The van der Waals surface area contributed by atoms with Crippen molar-refractivity contribution in [1.29, 1.82) is 0 Å². The summed E-state index contributed by atoms with van der Waals surface area (Å²) in [6.45, 7) is 7.22. The van der Waals surface area contributed by atoms with Gasteiger partial charge in [0.15, 0.2) is 0 Å². The number of thioether (sulfide) groups is 1. The zero-order chi connectivity index (χ0) is 14.2. The van der Waals surface area contributed by atoms with E-state index in [0.717, 1.165) is 0 Å². The molecule has 102 valence electrons. The number of carbonyl (C=O) groups is 1. The summed E-state index contributed by atoms with van der Waals surface area (Å²) in [6.07, 6.45) is 0. The maximum absolute atomic E-state index is 11.9. The molecule has 8 heteroatoms. The second-order valence-electron chi connectivity index (χ2n) is 5.26.